The molecule has 0 unspecified atom stereocenters. The molecule has 0 saturated carbocycles. The minimum Gasteiger partial charge on any atom is -0.456 e. The molecule has 0 atom stereocenters. The van der Waals surface area contributed by atoms with Gasteiger partial charge in [-0.05, 0) is 40.3 Å². The highest BCUT2D eigenvalue weighted by atomic mass is 16.5. The second-order valence-electron chi connectivity index (χ2n) is 10.2. The number of rotatable bonds is 4. The van der Waals surface area contributed by atoms with E-state index >= 15 is 0 Å². The lowest BCUT2D eigenvalue weighted by molar-refractivity contribution is 0.487. The number of nitrogens with zero attached hydrogens (tertiary/aromatic N) is 2. The molecule has 0 N–H and O–H groups in total. The number of benzene rings is 6. The molecule has 0 spiro atoms. The van der Waals surface area contributed by atoms with Crippen LogP contribution in [0.5, 0.6) is 11.5 Å². The predicted octanol–water partition coefficient (Wildman–Crippen LogP) is 10.1. The van der Waals surface area contributed by atoms with Gasteiger partial charge in [0.25, 0.3) is 0 Å². The lowest BCUT2D eigenvalue weighted by atomic mass is 9.89. The number of para-hydroxylation sites is 1. The summed E-state index contributed by atoms with van der Waals surface area (Å²) >= 11 is 0. The summed E-state index contributed by atoms with van der Waals surface area (Å²) in [7, 11) is 0. The van der Waals surface area contributed by atoms with Crippen LogP contribution in [0.2, 0.25) is 0 Å². The first kappa shape index (κ1) is 23.4. The summed E-state index contributed by atoms with van der Waals surface area (Å²) in [6.45, 7) is 0. The van der Waals surface area contributed by atoms with Gasteiger partial charge in [0.2, 0.25) is 0 Å². The summed E-state index contributed by atoms with van der Waals surface area (Å²) < 4.78 is 6.36. The summed E-state index contributed by atoms with van der Waals surface area (Å²) in [4.78, 5) is 10.2. The van der Waals surface area contributed by atoms with Crippen LogP contribution in [0.1, 0.15) is 0 Å². The Bertz CT molecular complexity index is 2010. The summed E-state index contributed by atoms with van der Waals surface area (Å²) in [5, 5.41) is 2.27. The van der Waals surface area contributed by atoms with Crippen LogP contribution in [0.3, 0.4) is 0 Å². The molecule has 0 amide bonds. The van der Waals surface area contributed by atoms with Gasteiger partial charge >= 0.3 is 0 Å². The molecule has 1 aromatic heterocycles. The molecule has 0 radical (unpaired) electrons. The zero-order chi connectivity index (χ0) is 27.2. The largest absolute Gasteiger partial charge is 0.456 e. The molecule has 3 heteroatoms. The van der Waals surface area contributed by atoms with E-state index in [1.165, 1.54) is 5.56 Å². The van der Waals surface area contributed by atoms with Gasteiger partial charge in [-0.2, -0.15) is 0 Å². The van der Waals surface area contributed by atoms with Gasteiger partial charge in [0.05, 0.1) is 11.4 Å². The van der Waals surface area contributed by atoms with E-state index in [4.69, 9.17) is 14.7 Å². The van der Waals surface area contributed by atoms with E-state index in [0.29, 0.717) is 5.82 Å². The lowest BCUT2D eigenvalue weighted by Crippen LogP contribution is -1.99. The summed E-state index contributed by atoms with van der Waals surface area (Å²) in [6, 6.07) is 50.1. The fourth-order valence-electron chi connectivity index (χ4n) is 5.81. The molecule has 3 nitrogen and oxygen atoms in total. The summed E-state index contributed by atoms with van der Waals surface area (Å²) in [5.74, 6) is 2.47. The normalized spacial score (nSPS) is 11.6. The van der Waals surface area contributed by atoms with Gasteiger partial charge in [-0.25, -0.2) is 9.97 Å². The zero-order valence-corrected chi connectivity index (χ0v) is 22.2. The molecule has 0 saturated heterocycles. The van der Waals surface area contributed by atoms with Gasteiger partial charge in [-0.1, -0.05) is 127 Å². The van der Waals surface area contributed by atoms with Crippen LogP contribution in [0.4, 0.5) is 0 Å². The Kier molecular flexibility index (Phi) is 5.46. The average molecular weight is 525 g/mol. The van der Waals surface area contributed by atoms with Crippen molar-refractivity contribution in [2.45, 2.75) is 0 Å². The molecular weight excluding hydrogens is 500 g/mol. The van der Waals surface area contributed by atoms with E-state index in [1.54, 1.807) is 0 Å². The highest BCUT2D eigenvalue weighted by Crippen LogP contribution is 2.49. The Balaban J connectivity index is 1.36. The van der Waals surface area contributed by atoms with E-state index in [2.05, 4.69) is 97.1 Å². The van der Waals surface area contributed by atoms with Gasteiger partial charge in [-0.3, -0.25) is 0 Å². The Morgan fingerprint density at radius 3 is 1.68 bits per heavy atom. The van der Waals surface area contributed by atoms with Crippen molar-refractivity contribution < 1.29 is 4.74 Å². The maximum atomic E-state index is 6.36. The zero-order valence-electron chi connectivity index (χ0n) is 22.2. The van der Waals surface area contributed by atoms with Crippen molar-refractivity contribution in [1.82, 2.24) is 9.97 Å². The molecule has 1 aliphatic rings. The molecule has 192 valence electrons. The Morgan fingerprint density at radius 2 is 0.976 bits per heavy atom. The van der Waals surface area contributed by atoms with Crippen LogP contribution in [0.15, 0.2) is 146 Å². The molecule has 0 aliphatic carbocycles. The quantitative estimate of drug-likeness (QED) is 0.230. The van der Waals surface area contributed by atoms with Gasteiger partial charge in [-0.15, -0.1) is 0 Å². The molecule has 8 rings (SSSR count). The van der Waals surface area contributed by atoms with Crippen molar-refractivity contribution in [3.63, 3.8) is 0 Å². The number of fused-ring (bicyclic) bond motifs is 2. The molecule has 2 heterocycles. The second kappa shape index (κ2) is 9.58. The molecule has 1 aliphatic heterocycles. The molecule has 0 bridgehead atoms. The topological polar surface area (TPSA) is 35.0 Å². The van der Waals surface area contributed by atoms with Crippen molar-refractivity contribution in [1.29, 1.82) is 0 Å². The Labute approximate surface area is 238 Å². The van der Waals surface area contributed by atoms with E-state index in [-0.39, 0.29) is 0 Å². The van der Waals surface area contributed by atoms with E-state index in [0.717, 1.165) is 67.0 Å². The lowest BCUT2D eigenvalue weighted by Gasteiger charge is -2.23. The van der Waals surface area contributed by atoms with Crippen molar-refractivity contribution in [2.24, 2.45) is 0 Å². The third-order valence-electron chi connectivity index (χ3n) is 7.72. The third kappa shape index (κ3) is 3.98. The van der Waals surface area contributed by atoms with Crippen LogP contribution < -0.4 is 4.74 Å². The molecule has 7 aromatic rings. The van der Waals surface area contributed by atoms with Gasteiger partial charge < -0.3 is 4.74 Å². The maximum absolute atomic E-state index is 6.36. The second-order valence-corrected chi connectivity index (χ2v) is 10.2. The number of ether oxygens (including phenoxy) is 1. The first-order valence-corrected chi connectivity index (χ1v) is 13.8. The standard InChI is InChI=1S/C38H24N2O/c1-3-12-25(13-4-1)33-24-34(26-14-5-2-6-15-26)40-38(39-33)32-18-8-7-16-27(32)28-22-23-36-37-30(28)19-11-20-31(37)29-17-9-10-21-35(29)41-36/h1-24H. The highest BCUT2D eigenvalue weighted by molar-refractivity contribution is 6.11. The van der Waals surface area contributed by atoms with Crippen molar-refractivity contribution in [3.8, 4) is 67.7 Å². The maximum Gasteiger partial charge on any atom is 0.161 e. The average Bonchev–Trinajstić information content (AvgIpc) is 3.06. The van der Waals surface area contributed by atoms with Gasteiger partial charge in [0, 0.05) is 27.6 Å². The first-order chi connectivity index (χ1) is 20.3. The van der Waals surface area contributed by atoms with Gasteiger partial charge in [0.1, 0.15) is 11.5 Å². The molecular formula is C38H24N2O. The fraction of sp³-hybridized carbons (Fsp3) is 0. The van der Waals surface area contributed by atoms with Crippen molar-refractivity contribution in [2.75, 3.05) is 0 Å². The van der Waals surface area contributed by atoms with Crippen LogP contribution in [-0.4, -0.2) is 9.97 Å². The predicted molar refractivity (Wildman–Crippen MR) is 167 cm³/mol. The van der Waals surface area contributed by atoms with Crippen molar-refractivity contribution >= 4 is 10.8 Å². The fourth-order valence-corrected chi connectivity index (χ4v) is 5.81. The summed E-state index contributed by atoms with van der Waals surface area (Å²) in [6.07, 6.45) is 0. The molecule has 6 aromatic carbocycles. The molecule has 0 fully saturated rings. The highest BCUT2D eigenvalue weighted by Gasteiger charge is 2.22. The number of hydrogen-bond donors (Lipinski definition) is 0. The van der Waals surface area contributed by atoms with Crippen LogP contribution in [0, 0.1) is 0 Å². The van der Waals surface area contributed by atoms with Crippen LogP contribution >= 0.6 is 0 Å². The molecule has 41 heavy (non-hydrogen) atoms. The van der Waals surface area contributed by atoms with E-state index in [9.17, 15) is 0 Å². The monoisotopic (exact) mass is 524 g/mol. The number of aromatic nitrogens is 2. The van der Waals surface area contributed by atoms with E-state index < -0.39 is 0 Å². The SMILES string of the molecule is c1ccc(-c2cc(-c3ccccc3)nc(-c3ccccc3-c3ccc4c5c(cccc35)-c3ccccc3O4)n2)cc1. The van der Waals surface area contributed by atoms with Crippen LogP contribution in [-0.2, 0) is 0 Å². The van der Waals surface area contributed by atoms with Crippen molar-refractivity contribution in [3.05, 3.63) is 146 Å². The number of hydrogen-bond acceptors (Lipinski definition) is 3. The minimum atomic E-state index is 0.697. The van der Waals surface area contributed by atoms with Crippen LogP contribution in [0.25, 0.3) is 66.9 Å². The van der Waals surface area contributed by atoms with E-state index in [1.807, 2.05) is 48.5 Å². The minimum absolute atomic E-state index is 0.697. The van der Waals surface area contributed by atoms with Gasteiger partial charge in [0.15, 0.2) is 5.82 Å². The Hall–Kier alpha value is -5.54. The summed E-state index contributed by atoms with van der Waals surface area (Å²) in [5.41, 5.74) is 9.40. The smallest absolute Gasteiger partial charge is 0.161 e. The first-order valence-electron chi connectivity index (χ1n) is 13.8. The Morgan fingerprint density at radius 1 is 0.390 bits per heavy atom. The third-order valence-corrected chi connectivity index (χ3v) is 7.72.